The zero-order valence-electron chi connectivity index (χ0n) is 13.9. The van der Waals surface area contributed by atoms with Gasteiger partial charge in [0.05, 0.1) is 22.5 Å². The average Bonchev–Trinajstić information content (AvgIpc) is 2.62. The minimum Gasteiger partial charge on any atom is -0.370 e. The summed E-state index contributed by atoms with van der Waals surface area (Å²) in [5.41, 5.74) is -0.183. The molecule has 1 amide bonds. The number of benzene rings is 2. The Kier molecular flexibility index (Phi) is 5.41. The lowest BCUT2D eigenvalue weighted by Gasteiger charge is -2.30. The average molecular weight is 383 g/mol. The molecule has 3 nitrogen and oxygen atoms in total. The van der Waals surface area contributed by atoms with E-state index in [0.717, 1.165) is 44.1 Å². The predicted molar refractivity (Wildman–Crippen MR) is 96.9 cm³/mol. The normalized spacial score (nSPS) is 15.0. The molecule has 0 radical (unpaired) electrons. The van der Waals surface area contributed by atoms with E-state index in [-0.39, 0.29) is 0 Å². The van der Waals surface area contributed by atoms with E-state index in [1.807, 2.05) is 0 Å². The Morgan fingerprint density at radius 2 is 1.73 bits per heavy atom. The van der Waals surface area contributed by atoms with Gasteiger partial charge in [-0.15, -0.1) is 0 Å². The SMILES string of the molecule is O=C(Nc1cc(Cl)ccc1N1CCCCC1)c1ccccc1C(F)(F)F. The highest BCUT2D eigenvalue weighted by molar-refractivity contribution is 6.31. The number of nitrogens with zero attached hydrogens (tertiary/aromatic N) is 1. The van der Waals surface area contributed by atoms with Gasteiger partial charge in [0.1, 0.15) is 0 Å². The number of carbonyl (C=O) groups excluding carboxylic acids is 1. The third kappa shape index (κ3) is 4.12. The molecule has 3 rings (SSSR count). The van der Waals surface area contributed by atoms with Crippen LogP contribution in [0.5, 0.6) is 0 Å². The Morgan fingerprint density at radius 1 is 1.04 bits per heavy atom. The van der Waals surface area contributed by atoms with Gasteiger partial charge in [-0.2, -0.15) is 13.2 Å². The molecule has 1 heterocycles. The number of rotatable bonds is 3. The van der Waals surface area contributed by atoms with E-state index in [9.17, 15) is 18.0 Å². The third-order valence-corrected chi connectivity index (χ3v) is 4.62. The number of nitrogens with one attached hydrogen (secondary N) is 1. The molecule has 1 saturated heterocycles. The van der Waals surface area contributed by atoms with Gasteiger partial charge < -0.3 is 10.2 Å². The lowest BCUT2D eigenvalue weighted by atomic mass is 10.1. The van der Waals surface area contributed by atoms with Gasteiger partial charge >= 0.3 is 6.18 Å². The summed E-state index contributed by atoms with van der Waals surface area (Å²) in [6.45, 7) is 1.67. The topological polar surface area (TPSA) is 32.3 Å². The maximum Gasteiger partial charge on any atom is 0.417 e. The molecule has 138 valence electrons. The molecule has 0 aromatic heterocycles. The summed E-state index contributed by atoms with van der Waals surface area (Å²) < 4.78 is 39.5. The number of amides is 1. The molecule has 1 aliphatic rings. The monoisotopic (exact) mass is 382 g/mol. The summed E-state index contributed by atoms with van der Waals surface area (Å²) in [6, 6.07) is 9.82. The minimum atomic E-state index is -4.60. The smallest absolute Gasteiger partial charge is 0.370 e. The summed E-state index contributed by atoms with van der Waals surface area (Å²) in [4.78, 5) is 14.7. The van der Waals surface area contributed by atoms with Crippen LogP contribution >= 0.6 is 11.6 Å². The maximum atomic E-state index is 13.2. The molecule has 1 N–H and O–H groups in total. The van der Waals surface area contributed by atoms with Crippen LogP contribution in [0.15, 0.2) is 42.5 Å². The van der Waals surface area contributed by atoms with Gasteiger partial charge in [0.25, 0.3) is 5.91 Å². The van der Waals surface area contributed by atoms with E-state index >= 15 is 0 Å². The second kappa shape index (κ2) is 7.58. The van der Waals surface area contributed by atoms with Crippen molar-refractivity contribution in [3.63, 3.8) is 0 Å². The van der Waals surface area contributed by atoms with Crippen molar-refractivity contribution in [2.24, 2.45) is 0 Å². The quantitative estimate of drug-likeness (QED) is 0.749. The van der Waals surface area contributed by atoms with Crippen LogP contribution in [0.25, 0.3) is 0 Å². The van der Waals surface area contributed by atoms with Crippen LogP contribution in [0, 0.1) is 0 Å². The fourth-order valence-electron chi connectivity index (χ4n) is 3.14. The van der Waals surface area contributed by atoms with Crippen molar-refractivity contribution in [1.29, 1.82) is 0 Å². The van der Waals surface area contributed by atoms with Crippen molar-refractivity contribution in [1.82, 2.24) is 0 Å². The van der Waals surface area contributed by atoms with Crippen LogP contribution in [0.2, 0.25) is 5.02 Å². The highest BCUT2D eigenvalue weighted by atomic mass is 35.5. The van der Waals surface area contributed by atoms with Crippen molar-refractivity contribution in [3.05, 3.63) is 58.6 Å². The molecule has 7 heteroatoms. The Balaban J connectivity index is 1.92. The molecule has 1 fully saturated rings. The van der Waals surface area contributed by atoms with E-state index in [1.54, 1.807) is 18.2 Å². The van der Waals surface area contributed by atoms with E-state index < -0.39 is 23.2 Å². The standard InChI is InChI=1S/C19H18ClF3N2O/c20-13-8-9-17(25-10-4-1-5-11-25)16(12-13)24-18(26)14-6-2-3-7-15(14)19(21,22)23/h2-3,6-9,12H,1,4-5,10-11H2,(H,24,26). The first-order valence-electron chi connectivity index (χ1n) is 8.38. The summed E-state index contributed by atoms with van der Waals surface area (Å²) in [5.74, 6) is -0.807. The summed E-state index contributed by atoms with van der Waals surface area (Å²) >= 11 is 6.04. The van der Waals surface area contributed by atoms with Gasteiger partial charge in [0.2, 0.25) is 0 Å². The van der Waals surface area contributed by atoms with Crippen molar-refractivity contribution < 1.29 is 18.0 Å². The number of anilines is 2. The van der Waals surface area contributed by atoms with Gasteiger partial charge in [0, 0.05) is 18.1 Å². The van der Waals surface area contributed by atoms with E-state index in [4.69, 9.17) is 11.6 Å². The number of hydrogen-bond acceptors (Lipinski definition) is 2. The molecule has 0 bridgehead atoms. The Bertz CT molecular complexity index is 802. The molecule has 2 aromatic rings. The molecule has 0 saturated carbocycles. The Hall–Kier alpha value is -2.21. The van der Waals surface area contributed by atoms with Gasteiger partial charge in [0.15, 0.2) is 0 Å². The van der Waals surface area contributed by atoms with Crippen LogP contribution in [0.3, 0.4) is 0 Å². The van der Waals surface area contributed by atoms with Crippen molar-refractivity contribution in [3.8, 4) is 0 Å². The number of piperidine rings is 1. The first-order valence-corrected chi connectivity index (χ1v) is 8.76. The summed E-state index contributed by atoms with van der Waals surface area (Å²) in [7, 11) is 0. The Morgan fingerprint density at radius 3 is 2.42 bits per heavy atom. The third-order valence-electron chi connectivity index (χ3n) is 4.38. The largest absolute Gasteiger partial charge is 0.417 e. The maximum absolute atomic E-state index is 13.2. The molecule has 1 aliphatic heterocycles. The summed E-state index contributed by atoms with van der Waals surface area (Å²) in [6.07, 6.45) is -1.39. The highest BCUT2D eigenvalue weighted by Crippen LogP contribution is 2.34. The molecule has 0 spiro atoms. The molecule has 0 atom stereocenters. The van der Waals surface area contributed by atoms with Crippen LogP contribution in [0.1, 0.15) is 35.2 Å². The summed E-state index contributed by atoms with van der Waals surface area (Å²) in [5, 5.41) is 3.02. The minimum absolute atomic E-state index is 0.408. The molecular formula is C19H18ClF3N2O. The first-order chi connectivity index (χ1) is 12.4. The fourth-order valence-corrected chi connectivity index (χ4v) is 3.31. The van der Waals surface area contributed by atoms with Crippen LogP contribution < -0.4 is 10.2 Å². The molecule has 26 heavy (non-hydrogen) atoms. The van der Waals surface area contributed by atoms with Crippen molar-refractivity contribution >= 4 is 28.9 Å². The van der Waals surface area contributed by atoms with Crippen molar-refractivity contribution in [2.45, 2.75) is 25.4 Å². The van der Waals surface area contributed by atoms with Gasteiger partial charge in [-0.3, -0.25) is 4.79 Å². The first kappa shape index (κ1) is 18.6. The number of halogens is 4. The molecular weight excluding hydrogens is 365 g/mol. The predicted octanol–water partition coefficient (Wildman–Crippen LogP) is 5.60. The zero-order chi connectivity index (χ0) is 18.7. The fraction of sp³-hybridized carbons (Fsp3) is 0.316. The number of hydrogen-bond donors (Lipinski definition) is 1. The lowest BCUT2D eigenvalue weighted by molar-refractivity contribution is -0.137. The van der Waals surface area contributed by atoms with Crippen LogP contribution in [0.4, 0.5) is 24.5 Å². The highest BCUT2D eigenvalue weighted by Gasteiger charge is 2.35. The lowest BCUT2D eigenvalue weighted by Crippen LogP contribution is -2.30. The Labute approximate surface area is 154 Å². The van der Waals surface area contributed by atoms with Gasteiger partial charge in [-0.25, -0.2) is 0 Å². The molecule has 0 unspecified atom stereocenters. The second-order valence-electron chi connectivity index (χ2n) is 6.21. The number of carbonyl (C=O) groups is 1. The molecule has 0 aliphatic carbocycles. The van der Waals surface area contributed by atoms with Gasteiger partial charge in [-0.05, 0) is 49.6 Å². The van der Waals surface area contributed by atoms with E-state index in [2.05, 4.69) is 10.2 Å². The second-order valence-corrected chi connectivity index (χ2v) is 6.64. The van der Waals surface area contributed by atoms with Gasteiger partial charge in [-0.1, -0.05) is 23.7 Å². The van der Waals surface area contributed by atoms with E-state index in [1.165, 1.54) is 18.2 Å². The van der Waals surface area contributed by atoms with Crippen LogP contribution in [-0.4, -0.2) is 19.0 Å². The zero-order valence-corrected chi connectivity index (χ0v) is 14.7. The number of alkyl halides is 3. The van der Waals surface area contributed by atoms with Crippen LogP contribution in [-0.2, 0) is 6.18 Å². The van der Waals surface area contributed by atoms with E-state index in [0.29, 0.717) is 10.7 Å². The van der Waals surface area contributed by atoms with Crippen molar-refractivity contribution in [2.75, 3.05) is 23.3 Å². The molecule has 2 aromatic carbocycles.